The molecule has 0 spiro atoms. The van der Waals surface area contributed by atoms with E-state index >= 15 is 0 Å². The predicted octanol–water partition coefficient (Wildman–Crippen LogP) is 3.01. The van der Waals surface area contributed by atoms with Gasteiger partial charge in [0.15, 0.2) is 6.61 Å². The topological polar surface area (TPSA) is 75.3 Å². The number of rotatable bonds is 4. The maximum atomic E-state index is 12.3. The van der Waals surface area contributed by atoms with E-state index in [2.05, 4.69) is 9.97 Å². The molecule has 2 heterocycles. The molecule has 1 fully saturated rings. The van der Waals surface area contributed by atoms with Crippen LogP contribution in [0.15, 0.2) is 48.5 Å². The second-order valence-electron chi connectivity index (χ2n) is 6.35. The molecule has 6 heteroatoms. The molecule has 1 amide bonds. The fourth-order valence-electron chi connectivity index (χ4n) is 3.14. The summed E-state index contributed by atoms with van der Waals surface area (Å²) in [5.74, 6) is 0.107. The summed E-state index contributed by atoms with van der Waals surface area (Å²) in [6.07, 6.45) is 2.03. The van der Waals surface area contributed by atoms with Crippen molar-refractivity contribution in [1.82, 2.24) is 14.9 Å². The largest absolute Gasteiger partial charge is 0.452 e. The van der Waals surface area contributed by atoms with Crippen molar-refractivity contribution in [2.45, 2.75) is 12.8 Å². The lowest BCUT2D eigenvalue weighted by Crippen LogP contribution is -2.32. The molecular formula is C20H19N3O3. The van der Waals surface area contributed by atoms with Crippen LogP contribution in [0.1, 0.15) is 23.2 Å². The third-order valence-corrected chi connectivity index (χ3v) is 4.55. The van der Waals surface area contributed by atoms with Crippen LogP contribution in [0.4, 0.5) is 0 Å². The molecule has 3 aromatic rings. The van der Waals surface area contributed by atoms with Gasteiger partial charge in [0.25, 0.3) is 5.91 Å². The molecule has 26 heavy (non-hydrogen) atoms. The molecule has 0 unspecified atom stereocenters. The zero-order valence-electron chi connectivity index (χ0n) is 14.3. The van der Waals surface area contributed by atoms with Crippen molar-refractivity contribution in [3.05, 3.63) is 54.1 Å². The van der Waals surface area contributed by atoms with Crippen molar-refractivity contribution in [1.29, 1.82) is 0 Å². The Hall–Kier alpha value is -3.15. The number of aromatic nitrogens is 2. The van der Waals surface area contributed by atoms with Gasteiger partial charge in [-0.1, -0.05) is 30.3 Å². The number of fused-ring (bicyclic) bond motifs is 1. The average Bonchev–Trinajstić information content (AvgIpc) is 3.35. The molecule has 0 bridgehead atoms. The van der Waals surface area contributed by atoms with Crippen LogP contribution in [0.5, 0.6) is 0 Å². The van der Waals surface area contributed by atoms with Gasteiger partial charge in [-0.05, 0) is 31.0 Å². The summed E-state index contributed by atoms with van der Waals surface area (Å²) in [5, 5.41) is 0. The van der Waals surface area contributed by atoms with Gasteiger partial charge in [0.2, 0.25) is 0 Å². The second kappa shape index (κ2) is 7.00. The van der Waals surface area contributed by atoms with Crippen LogP contribution < -0.4 is 0 Å². The number of likely N-dealkylation sites (tertiary alicyclic amines) is 1. The Bertz CT molecular complexity index is 943. The zero-order chi connectivity index (χ0) is 17.9. The van der Waals surface area contributed by atoms with E-state index in [4.69, 9.17) is 4.74 Å². The number of amides is 1. The Balaban J connectivity index is 1.48. The second-order valence-corrected chi connectivity index (χ2v) is 6.35. The van der Waals surface area contributed by atoms with E-state index in [0.29, 0.717) is 5.56 Å². The van der Waals surface area contributed by atoms with E-state index in [0.717, 1.165) is 48.4 Å². The maximum Gasteiger partial charge on any atom is 0.338 e. The third kappa shape index (κ3) is 3.31. The van der Waals surface area contributed by atoms with Crippen LogP contribution in [-0.2, 0) is 9.53 Å². The summed E-state index contributed by atoms with van der Waals surface area (Å²) in [6.45, 7) is 1.28. The number of nitrogens with zero attached hydrogens (tertiary/aromatic N) is 2. The quantitative estimate of drug-likeness (QED) is 0.735. The molecule has 0 radical (unpaired) electrons. The van der Waals surface area contributed by atoms with Crippen molar-refractivity contribution in [2.75, 3.05) is 19.7 Å². The van der Waals surface area contributed by atoms with Crippen LogP contribution in [0.2, 0.25) is 0 Å². The highest BCUT2D eigenvalue weighted by atomic mass is 16.5. The van der Waals surface area contributed by atoms with Crippen molar-refractivity contribution in [2.24, 2.45) is 0 Å². The van der Waals surface area contributed by atoms with E-state index in [-0.39, 0.29) is 12.5 Å². The Morgan fingerprint density at radius 3 is 2.62 bits per heavy atom. The minimum Gasteiger partial charge on any atom is -0.452 e. The fraction of sp³-hybridized carbons (Fsp3) is 0.250. The molecule has 0 saturated carbocycles. The zero-order valence-corrected chi connectivity index (χ0v) is 14.3. The van der Waals surface area contributed by atoms with Crippen LogP contribution >= 0.6 is 0 Å². The number of carbonyl (C=O) groups is 2. The van der Waals surface area contributed by atoms with Crippen molar-refractivity contribution in [3.8, 4) is 11.4 Å². The van der Waals surface area contributed by atoms with Crippen LogP contribution in [0, 0.1) is 0 Å². The normalized spacial score (nSPS) is 13.9. The van der Waals surface area contributed by atoms with Gasteiger partial charge in [-0.15, -0.1) is 0 Å². The smallest absolute Gasteiger partial charge is 0.338 e. The molecule has 4 rings (SSSR count). The van der Waals surface area contributed by atoms with Gasteiger partial charge >= 0.3 is 5.97 Å². The lowest BCUT2D eigenvalue weighted by atomic mass is 10.2. The van der Waals surface area contributed by atoms with Gasteiger partial charge in [0.05, 0.1) is 16.6 Å². The lowest BCUT2D eigenvalue weighted by Gasteiger charge is -2.14. The highest BCUT2D eigenvalue weighted by Gasteiger charge is 2.20. The number of benzene rings is 2. The first kappa shape index (κ1) is 16.3. The Labute approximate surface area is 150 Å². The molecule has 1 aliphatic rings. The molecule has 2 aromatic carbocycles. The minimum absolute atomic E-state index is 0.134. The summed E-state index contributed by atoms with van der Waals surface area (Å²) >= 11 is 0. The summed E-state index contributed by atoms with van der Waals surface area (Å²) < 4.78 is 5.18. The number of H-pyrrole nitrogens is 1. The molecule has 0 aliphatic carbocycles. The van der Waals surface area contributed by atoms with Crippen LogP contribution in [-0.4, -0.2) is 46.4 Å². The van der Waals surface area contributed by atoms with E-state index in [1.54, 1.807) is 23.1 Å². The van der Waals surface area contributed by atoms with Crippen LogP contribution in [0.25, 0.3) is 22.4 Å². The molecule has 1 aromatic heterocycles. The number of nitrogens with one attached hydrogen (secondary N) is 1. The predicted molar refractivity (Wildman–Crippen MR) is 97.6 cm³/mol. The van der Waals surface area contributed by atoms with E-state index in [1.807, 2.05) is 30.3 Å². The monoisotopic (exact) mass is 349 g/mol. The molecule has 1 aliphatic heterocycles. The fourth-order valence-corrected chi connectivity index (χ4v) is 3.14. The Morgan fingerprint density at radius 2 is 1.85 bits per heavy atom. The maximum absolute atomic E-state index is 12.3. The third-order valence-electron chi connectivity index (χ3n) is 4.55. The van der Waals surface area contributed by atoms with Gasteiger partial charge in [0.1, 0.15) is 5.82 Å². The van der Waals surface area contributed by atoms with Gasteiger partial charge in [-0.3, -0.25) is 4.79 Å². The number of esters is 1. The number of ether oxygens (including phenoxy) is 1. The SMILES string of the molecule is O=C(OCC(=O)N1CCCC1)c1ccc2nc(-c3ccccc3)[nH]c2c1. The van der Waals surface area contributed by atoms with Gasteiger partial charge in [-0.25, -0.2) is 9.78 Å². The number of aromatic amines is 1. The highest BCUT2D eigenvalue weighted by molar-refractivity contribution is 5.95. The number of carbonyl (C=O) groups excluding carboxylic acids is 2. The number of hydrogen-bond donors (Lipinski definition) is 1. The van der Waals surface area contributed by atoms with Crippen molar-refractivity contribution < 1.29 is 14.3 Å². The standard InChI is InChI=1S/C20H19N3O3/c24-18(23-10-4-5-11-23)13-26-20(25)15-8-9-16-17(12-15)22-19(21-16)14-6-2-1-3-7-14/h1-3,6-9,12H,4-5,10-11,13H2,(H,21,22). The summed E-state index contributed by atoms with van der Waals surface area (Å²) in [7, 11) is 0. The van der Waals surface area contributed by atoms with E-state index in [1.165, 1.54) is 0 Å². The highest BCUT2D eigenvalue weighted by Crippen LogP contribution is 2.21. The molecular weight excluding hydrogens is 330 g/mol. The van der Waals surface area contributed by atoms with Gasteiger partial charge in [-0.2, -0.15) is 0 Å². The number of imidazole rings is 1. The summed E-state index contributed by atoms with van der Waals surface area (Å²) in [6, 6.07) is 14.9. The Morgan fingerprint density at radius 1 is 1.08 bits per heavy atom. The first-order valence-electron chi connectivity index (χ1n) is 8.71. The van der Waals surface area contributed by atoms with Gasteiger partial charge < -0.3 is 14.6 Å². The first-order valence-corrected chi connectivity index (χ1v) is 8.71. The minimum atomic E-state index is -0.504. The van der Waals surface area contributed by atoms with Crippen molar-refractivity contribution in [3.63, 3.8) is 0 Å². The summed E-state index contributed by atoms with van der Waals surface area (Å²) in [5.41, 5.74) is 2.90. The molecule has 0 atom stereocenters. The molecule has 132 valence electrons. The number of hydrogen-bond acceptors (Lipinski definition) is 4. The Kier molecular flexibility index (Phi) is 4.39. The van der Waals surface area contributed by atoms with E-state index < -0.39 is 5.97 Å². The van der Waals surface area contributed by atoms with Crippen molar-refractivity contribution >= 4 is 22.9 Å². The average molecular weight is 349 g/mol. The van der Waals surface area contributed by atoms with Gasteiger partial charge in [0, 0.05) is 18.7 Å². The van der Waals surface area contributed by atoms with E-state index in [9.17, 15) is 9.59 Å². The molecule has 1 saturated heterocycles. The first-order chi connectivity index (χ1) is 12.7. The summed E-state index contributed by atoms with van der Waals surface area (Å²) in [4.78, 5) is 33.7. The molecule has 1 N–H and O–H groups in total. The molecule has 6 nitrogen and oxygen atoms in total. The lowest BCUT2D eigenvalue weighted by molar-refractivity contribution is -0.133. The van der Waals surface area contributed by atoms with Crippen LogP contribution in [0.3, 0.4) is 0 Å².